The Morgan fingerprint density at radius 1 is 1.17 bits per heavy atom. The quantitative estimate of drug-likeness (QED) is 0.797. The summed E-state index contributed by atoms with van der Waals surface area (Å²) in [5.41, 5.74) is 1.99. The Hall–Kier alpha value is -2.96. The number of para-hydroxylation sites is 1. The number of benzene rings is 1. The number of rotatable bonds is 4. The van der Waals surface area contributed by atoms with E-state index < -0.39 is 0 Å². The smallest absolute Gasteiger partial charge is 0.261 e. The van der Waals surface area contributed by atoms with Crippen LogP contribution in [0.5, 0.6) is 5.75 Å². The van der Waals surface area contributed by atoms with Crippen LogP contribution in [0, 0.1) is 0 Å². The highest BCUT2D eigenvalue weighted by molar-refractivity contribution is 5.78. The summed E-state index contributed by atoms with van der Waals surface area (Å²) >= 11 is 0. The zero-order valence-electron chi connectivity index (χ0n) is 16.7. The van der Waals surface area contributed by atoms with E-state index in [2.05, 4.69) is 4.98 Å². The summed E-state index contributed by atoms with van der Waals surface area (Å²) < 4.78 is 5.66. The van der Waals surface area contributed by atoms with E-state index in [-0.39, 0.29) is 24.5 Å². The zero-order valence-corrected chi connectivity index (χ0v) is 16.7. The first kappa shape index (κ1) is 19.4. The minimum atomic E-state index is -0.119. The van der Waals surface area contributed by atoms with Gasteiger partial charge in [0.2, 0.25) is 5.91 Å². The van der Waals surface area contributed by atoms with Gasteiger partial charge >= 0.3 is 0 Å². The molecule has 0 N–H and O–H groups in total. The van der Waals surface area contributed by atoms with Gasteiger partial charge in [0.1, 0.15) is 5.75 Å². The molecule has 3 heterocycles. The number of fused-ring (bicyclic) bond motifs is 1. The van der Waals surface area contributed by atoms with Crippen molar-refractivity contribution >= 4 is 11.8 Å². The van der Waals surface area contributed by atoms with Crippen molar-refractivity contribution < 1.29 is 14.3 Å². The Balaban J connectivity index is 1.47. The number of hydrogen-bond donors (Lipinski definition) is 0. The number of carbonyl (C=O) groups is 2. The number of ether oxygens (including phenoxy) is 1. The van der Waals surface area contributed by atoms with Gasteiger partial charge in [-0.05, 0) is 31.4 Å². The van der Waals surface area contributed by atoms with Gasteiger partial charge in [-0.1, -0.05) is 18.2 Å². The molecule has 0 radical (unpaired) electrons. The second kappa shape index (κ2) is 8.59. The second-order valence-corrected chi connectivity index (χ2v) is 7.59. The number of carbonyl (C=O) groups excluding carboxylic acids is 2. The van der Waals surface area contributed by atoms with Crippen LogP contribution in [0.15, 0.2) is 36.5 Å². The molecule has 1 saturated heterocycles. The fourth-order valence-corrected chi connectivity index (χ4v) is 4.00. The summed E-state index contributed by atoms with van der Waals surface area (Å²) in [7, 11) is 0. The summed E-state index contributed by atoms with van der Waals surface area (Å²) in [4.78, 5) is 37.5. The van der Waals surface area contributed by atoms with Crippen molar-refractivity contribution in [3.05, 3.63) is 53.6 Å². The predicted octanol–water partition coefficient (Wildman–Crippen LogP) is 2.51. The number of piperidine rings is 1. The van der Waals surface area contributed by atoms with E-state index in [1.807, 2.05) is 46.3 Å². The topological polar surface area (TPSA) is 75.6 Å². The first-order valence-electron chi connectivity index (χ1n) is 10.2. The molecule has 2 aliphatic rings. The van der Waals surface area contributed by atoms with E-state index in [0.717, 1.165) is 36.9 Å². The molecule has 2 aliphatic heterocycles. The van der Waals surface area contributed by atoms with Crippen LogP contribution in [-0.2, 0) is 22.6 Å². The molecule has 1 atom stereocenters. The minimum absolute atomic E-state index is 0.0129. The third-order valence-electron chi connectivity index (χ3n) is 5.62. The molecule has 1 aromatic heterocycles. The van der Waals surface area contributed by atoms with Crippen molar-refractivity contribution in [1.29, 1.82) is 0 Å². The Morgan fingerprint density at radius 2 is 2.00 bits per heavy atom. The monoisotopic (exact) mass is 394 g/mol. The van der Waals surface area contributed by atoms with Gasteiger partial charge in [0.15, 0.2) is 12.4 Å². The van der Waals surface area contributed by atoms with Gasteiger partial charge in [0.05, 0.1) is 11.7 Å². The largest absolute Gasteiger partial charge is 0.484 e. The molecule has 2 amide bonds. The van der Waals surface area contributed by atoms with Gasteiger partial charge in [0.25, 0.3) is 5.91 Å². The fraction of sp³-hybridized carbons (Fsp3) is 0.455. The van der Waals surface area contributed by atoms with E-state index in [1.54, 1.807) is 6.92 Å². The molecule has 1 fully saturated rings. The molecule has 1 aromatic carbocycles. The lowest BCUT2D eigenvalue weighted by Gasteiger charge is -2.35. The van der Waals surface area contributed by atoms with Crippen molar-refractivity contribution in [3.63, 3.8) is 0 Å². The molecular formula is C22H26N4O3. The highest BCUT2D eigenvalue weighted by Gasteiger charge is 2.31. The molecule has 4 rings (SSSR count). The molecule has 7 heteroatoms. The van der Waals surface area contributed by atoms with Gasteiger partial charge in [-0.2, -0.15) is 0 Å². The summed E-state index contributed by atoms with van der Waals surface area (Å²) in [6.07, 6.45) is 5.43. The molecular weight excluding hydrogens is 368 g/mol. The summed E-state index contributed by atoms with van der Waals surface area (Å²) in [5, 5.41) is 0. The molecule has 0 saturated carbocycles. The highest BCUT2D eigenvalue weighted by Crippen LogP contribution is 2.30. The second-order valence-electron chi connectivity index (χ2n) is 7.59. The summed E-state index contributed by atoms with van der Waals surface area (Å²) in [6, 6.07) is 9.26. The Morgan fingerprint density at radius 3 is 2.79 bits per heavy atom. The van der Waals surface area contributed by atoms with Crippen molar-refractivity contribution in [3.8, 4) is 5.75 Å². The maximum absolute atomic E-state index is 12.9. The average Bonchev–Trinajstić information content (AvgIpc) is 2.77. The van der Waals surface area contributed by atoms with Crippen LogP contribution < -0.4 is 4.74 Å². The average molecular weight is 394 g/mol. The number of nitrogens with zero attached hydrogens (tertiary/aromatic N) is 4. The van der Waals surface area contributed by atoms with Crippen LogP contribution in [0.25, 0.3) is 0 Å². The fourth-order valence-electron chi connectivity index (χ4n) is 4.00. The van der Waals surface area contributed by atoms with Crippen LogP contribution in [0.2, 0.25) is 0 Å². The van der Waals surface area contributed by atoms with Gasteiger partial charge in [0, 0.05) is 44.7 Å². The minimum Gasteiger partial charge on any atom is -0.484 e. The van der Waals surface area contributed by atoms with E-state index in [0.29, 0.717) is 31.2 Å². The molecule has 152 valence electrons. The number of hydrogen-bond acceptors (Lipinski definition) is 5. The third kappa shape index (κ3) is 4.39. The summed E-state index contributed by atoms with van der Waals surface area (Å²) in [6.45, 7) is 3.53. The third-order valence-corrected chi connectivity index (χ3v) is 5.62. The van der Waals surface area contributed by atoms with Crippen molar-refractivity contribution in [2.75, 3.05) is 19.7 Å². The SMILES string of the molecule is CC(=O)N1CCc2nc([C@@H]3CCCCN3C(=O)COc3ccccc3)ncc2C1. The van der Waals surface area contributed by atoms with Gasteiger partial charge < -0.3 is 14.5 Å². The molecule has 7 nitrogen and oxygen atoms in total. The normalized spacial score (nSPS) is 18.9. The molecule has 0 unspecified atom stereocenters. The number of likely N-dealkylation sites (tertiary alicyclic amines) is 1. The molecule has 2 aromatic rings. The zero-order chi connectivity index (χ0) is 20.2. The van der Waals surface area contributed by atoms with Gasteiger partial charge in [-0.25, -0.2) is 9.97 Å². The number of amides is 2. The van der Waals surface area contributed by atoms with Crippen LogP contribution >= 0.6 is 0 Å². The van der Waals surface area contributed by atoms with E-state index >= 15 is 0 Å². The van der Waals surface area contributed by atoms with Crippen molar-refractivity contribution in [2.45, 2.75) is 45.2 Å². The van der Waals surface area contributed by atoms with Crippen molar-refractivity contribution in [2.24, 2.45) is 0 Å². The van der Waals surface area contributed by atoms with Gasteiger partial charge in [-0.3, -0.25) is 9.59 Å². The van der Waals surface area contributed by atoms with E-state index in [4.69, 9.17) is 9.72 Å². The molecule has 0 aliphatic carbocycles. The molecule has 29 heavy (non-hydrogen) atoms. The van der Waals surface area contributed by atoms with Gasteiger partial charge in [-0.15, -0.1) is 0 Å². The van der Waals surface area contributed by atoms with Crippen LogP contribution in [0.1, 0.15) is 49.3 Å². The first-order chi connectivity index (χ1) is 14.1. The molecule has 0 bridgehead atoms. The lowest BCUT2D eigenvalue weighted by Crippen LogP contribution is -2.42. The van der Waals surface area contributed by atoms with Crippen molar-refractivity contribution in [1.82, 2.24) is 19.8 Å². The lowest BCUT2D eigenvalue weighted by atomic mass is 10.00. The predicted molar refractivity (Wildman–Crippen MR) is 107 cm³/mol. The Labute approximate surface area is 170 Å². The van der Waals surface area contributed by atoms with Crippen LogP contribution in [-0.4, -0.2) is 51.3 Å². The van der Waals surface area contributed by atoms with E-state index in [1.165, 1.54) is 0 Å². The van der Waals surface area contributed by atoms with E-state index in [9.17, 15) is 9.59 Å². The van der Waals surface area contributed by atoms with Crippen LogP contribution in [0.4, 0.5) is 0 Å². The summed E-state index contributed by atoms with van der Waals surface area (Å²) in [5.74, 6) is 1.42. The standard InChI is InChI=1S/C22H26N4O3/c1-16(27)25-12-10-19-17(14-25)13-23-22(24-19)20-9-5-6-11-26(20)21(28)15-29-18-7-3-2-4-8-18/h2-4,7-8,13,20H,5-6,9-12,14-15H2,1H3/t20-/m0/s1. The highest BCUT2D eigenvalue weighted by atomic mass is 16.5. The maximum atomic E-state index is 12.9. The Bertz CT molecular complexity index is 887. The molecule has 0 spiro atoms. The van der Waals surface area contributed by atoms with Crippen LogP contribution in [0.3, 0.4) is 0 Å². The number of aromatic nitrogens is 2. The lowest BCUT2D eigenvalue weighted by molar-refractivity contribution is -0.137. The maximum Gasteiger partial charge on any atom is 0.261 e. The first-order valence-corrected chi connectivity index (χ1v) is 10.2. The Kier molecular flexibility index (Phi) is 5.74.